The fourth-order valence-electron chi connectivity index (χ4n) is 4.19. The van der Waals surface area contributed by atoms with Crippen molar-refractivity contribution in [3.05, 3.63) is 48.0 Å². The summed E-state index contributed by atoms with van der Waals surface area (Å²) in [7, 11) is -1.99. The molecule has 1 saturated heterocycles. The molecule has 2 atom stereocenters. The predicted octanol–water partition coefficient (Wildman–Crippen LogP) is 1.80. The molecule has 2 aromatic carbocycles. The van der Waals surface area contributed by atoms with E-state index in [4.69, 9.17) is 9.47 Å². The number of sulfonamides is 1. The summed E-state index contributed by atoms with van der Waals surface area (Å²) in [5, 5.41) is 0. The van der Waals surface area contributed by atoms with Gasteiger partial charge in [0.05, 0.1) is 10.8 Å². The average molecular weight is 386 g/mol. The minimum Gasteiger partial charge on any atom is -0.454 e. The number of rotatable bonds is 2. The lowest BCUT2D eigenvalue weighted by Gasteiger charge is -2.33. The van der Waals surface area contributed by atoms with E-state index in [0.29, 0.717) is 11.5 Å². The Bertz CT molecular complexity index is 1050. The van der Waals surface area contributed by atoms with Crippen LogP contribution in [0.5, 0.6) is 11.5 Å². The molecule has 7 nitrogen and oxygen atoms in total. The summed E-state index contributed by atoms with van der Waals surface area (Å²) < 4.78 is 38.3. The Labute approximate surface area is 157 Å². The van der Waals surface area contributed by atoms with Gasteiger partial charge in [-0.05, 0) is 23.8 Å². The zero-order valence-electron chi connectivity index (χ0n) is 14.7. The summed E-state index contributed by atoms with van der Waals surface area (Å²) in [5.41, 5.74) is 1.87. The fraction of sp³-hybridized carbons (Fsp3) is 0.316. The molecule has 0 unspecified atom stereocenters. The van der Waals surface area contributed by atoms with Crippen LogP contribution in [0, 0.1) is 5.92 Å². The molecule has 27 heavy (non-hydrogen) atoms. The number of carbonyl (C=O) groups is 1. The highest BCUT2D eigenvalue weighted by Gasteiger charge is 2.48. The quantitative estimate of drug-likeness (QED) is 0.787. The third-order valence-corrected chi connectivity index (χ3v) is 7.44. The summed E-state index contributed by atoms with van der Waals surface area (Å²) in [6, 6.07) is 12.3. The van der Waals surface area contributed by atoms with Gasteiger partial charge in [0.1, 0.15) is 0 Å². The first kappa shape index (κ1) is 16.6. The topological polar surface area (TPSA) is 76.2 Å². The van der Waals surface area contributed by atoms with Gasteiger partial charge in [-0.1, -0.05) is 18.2 Å². The Morgan fingerprint density at radius 2 is 1.74 bits per heavy atom. The van der Waals surface area contributed by atoms with Crippen molar-refractivity contribution in [3.63, 3.8) is 0 Å². The molecule has 0 aliphatic carbocycles. The Kier molecular flexibility index (Phi) is 3.50. The maximum atomic E-state index is 13.2. The number of carbonyl (C=O) groups excluding carboxylic acids is 1. The number of fused-ring (bicyclic) bond motifs is 4. The highest BCUT2D eigenvalue weighted by atomic mass is 32.2. The molecule has 0 saturated carbocycles. The van der Waals surface area contributed by atoms with Crippen LogP contribution < -0.4 is 14.4 Å². The van der Waals surface area contributed by atoms with Crippen molar-refractivity contribution >= 4 is 21.6 Å². The second-order valence-corrected chi connectivity index (χ2v) is 8.94. The molecular weight excluding hydrogens is 368 g/mol. The van der Waals surface area contributed by atoms with Gasteiger partial charge in [0, 0.05) is 37.8 Å². The van der Waals surface area contributed by atoms with Gasteiger partial charge in [-0.2, -0.15) is 4.31 Å². The molecule has 0 bridgehead atoms. The molecule has 3 aliphatic heterocycles. The Morgan fingerprint density at radius 1 is 1.00 bits per heavy atom. The zero-order valence-corrected chi connectivity index (χ0v) is 15.5. The lowest BCUT2D eigenvalue weighted by Crippen LogP contribution is -2.40. The van der Waals surface area contributed by atoms with Crippen molar-refractivity contribution in [3.8, 4) is 11.5 Å². The fourth-order valence-corrected chi connectivity index (χ4v) is 5.70. The van der Waals surface area contributed by atoms with Gasteiger partial charge in [-0.25, -0.2) is 8.42 Å². The SMILES string of the molecule is CN1C(=O)[C@@H]2CN(S(=O)(=O)c3ccc4c(c3)OCO4)C[C@@H]2c2ccccc21. The molecule has 0 radical (unpaired) electrons. The predicted molar refractivity (Wildman–Crippen MR) is 97.4 cm³/mol. The molecule has 1 amide bonds. The molecule has 8 heteroatoms. The highest BCUT2D eigenvalue weighted by molar-refractivity contribution is 7.89. The first-order chi connectivity index (χ1) is 13.0. The Hall–Kier alpha value is -2.58. The van der Waals surface area contributed by atoms with E-state index in [0.717, 1.165) is 11.3 Å². The zero-order chi connectivity index (χ0) is 18.8. The largest absolute Gasteiger partial charge is 0.454 e. The monoisotopic (exact) mass is 386 g/mol. The van der Waals surface area contributed by atoms with Crippen molar-refractivity contribution in [2.45, 2.75) is 10.8 Å². The summed E-state index contributed by atoms with van der Waals surface area (Å²) in [6.45, 7) is 0.557. The molecule has 0 aromatic heterocycles. The van der Waals surface area contributed by atoms with E-state index in [1.165, 1.54) is 16.4 Å². The first-order valence-corrected chi connectivity index (χ1v) is 10.2. The molecule has 1 fully saturated rings. The summed E-state index contributed by atoms with van der Waals surface area (Å²) in [6.07, 6.45) is 0. The van der Waals surface area contributed by atoms with E-state index in [9.17, 15) is 13.2 Å². The van der Waals surface area contributed by atoms with E-state index < -0.39 is 10.0 Å². The normalized spacial score (nSPS) is 24.0. The van der Waals surface area contributed by atoms with Gasteiger partial charge in [0.15, 0.2) is 11.5 Å². The van der Waals surface area contributed by atoms with Crippen molar-refractivity contribution in [2.75, 3.05) is 31.8 Å². The number of hydrogen-bond acceptors (Lipinski definition) is 5. The number of hydrogen-bond donors (Lipinski definition) is 0. The van der Waals surface area contributed by atoms with Gasteiger partial charge in [0.25, 0.3) is 0 Å². The van der Waals surface area contributed by atoms with Gasteiger partial charge >= 0.3 is 0 Å². The van der Waals surface area contributed by atoms with Crippen molar-refractivity contribution in [1.82, 2.24) is 4.31 Å². The summed E-state index contributed by atoms with van der Waals surface area (Å²) >= 11 is 0. The number of nitrogens with zero attached hydrogens (tertiary/aromatic N) is 2. The molecule has 0 spiro atoms. The maximum absolute atomic E-state index is 13.2. The maximum Gasteiger partial charge on any atom is 0.243 e. The van der Waals surface area contributed by atoms with Crippen LogP contribution in [0.15, 0.2) is 47.4 Å². The standard InChI is InChI=1S/C19H18N2O5S/c1-20-16-5-3-2-4-13(16)14-9-21(10-15(14)19(20)22)27(23,24)12-6-7-17-18(8-12)26-11-25-17/h2-8,14-15H,9-11H2,1H3/t14-,15-/m1/s1. The number of anilines is 1. The van der Waals surface area contributed by atoms with Crippen LogP contribution in [0.25, 0.3) is 0 Å². The van der Waals surface area contributed by atoms with Crippen LogP contribution in [-0.4, -0.2) is 45.6 Å². The Morgan fingerprint density at radius 3 is 2.59 bits per heavy atom. The van der Waals surface area contributed by atoms with Crippen molar-refractivity contribution in [1.29, 1.82) is 0 Å². The number of ether oxygens (including phenoxy) is 2. The van der Waals surface area contributed by atoms with E-state index in [2.05, 4.69) is 0 Å². The summed E-state index contributed by atoms with van der Waals surface area (Å²) in [4.78, 5) is 14.6. The van der Waals surface area contributed by atoms with Crippen LogP contribution in [0.1, 0.15) is 11.5 Å². The van der Waals surface area contributed by atoms with E-state index >= 15 is 0 Å². The van der Waals surface area contributed by atoms with E-state index in [-0.39, 0.29) is 42.5 Å². The lowest BCUT2D eigenvalue weighted by atomic mass is 9.83. The smallest absolute Gasteiger partial charge is 0.243 e. The van der Waals surface area contributed by atoms with Crippen LogP contribution in [0.2, 0.25) is 0 Å². The van der Waals surface area contributed by atoms with Gasteiger partial charge in [-0.3, -0.25) is 4.79 Å². The van der Waals surface area contributed by atoms with Crippen LogP contribution >= 0.6 is 0 Å². The number of benzene rings is 2. The number of amides is 1. The molecule has 140 valence electrons. The van der Waals surface area contributed by atoms with Gasteiger partial charge in [0.2, 0.25) is 22.7 Å². The third kappa shape index (κ3) is 2.36. The molecule has 5 rings (SSSR count). The second-order valence-electron chi connectivity index (χ2n) is 7.01. The van der Waals surface area contributed by atoms with Crippen molar-refractivity contribution < 1.29 is 22.7 Å². The third-order valence-electron chi connectivity index (χ3n) is 5.61. The molecule has 2 aromatic rings. The molecule has 3 aliphatic rings. The highest BCUT2D eigenvalue weighted by Crippen LogP contribution is 2.44. The Balaban J connectivity index is 1.51. The minimum atomic E-state index is -3.73. The molecular formula is C19H18N2O5S. The van der Waals surface area contributed by atoms with Gasteiger partial charge in [-0.15, -0.1) is 0 Å². The average Bonchev–Trinajstić information content (AvgIpc) is 3.33. The van der Waals surface area contributed by atoms with E-state index in [1.54, 1.807) is 18.0 Å². The van der Waals surface area contributed by atoms with Crippen LogP contribution in [0.3, 0.4) is 0 Å². The number of para-hydroxylation sites is 1. The lowest BCUT2D eigenvalue weighted by molar-refractivity contribution is -0.122. The van der Waals surface area contributed by atoms with E-state index in [1.807, 2.05) is 24.3 Å². The van der Waals surface area contributed by atoms with Gasteiger partial charge < -0.3 is 14.4 Å². The van der Waals surface area contributed by atoms with Crippen LogP contribution in [0.4, 0.5) is 5.69 Å². The van der Waals surface area contributed by atoms with Crippen LogP contribution in [-0.2, 0) is 14.8 Å². The summed E-state index contributed by atoms with van der Waals surface area (Å²) in [5.74, 6) is 0.424. The molecule has 0 N–H and O–H groups in total. The second kappa shape index (κ2) is 5.71. The first-order valence-electron chi connectivity index (χ1n) is 8.73. The molecule has 3 heterocycles. The van der Waals surface area contributed by atoms with Crippen molar-refractivity contribution in [2.24, 2.45) is 5.92 Å². The minimum absolute atomic E-state index is 0.0397.